The molecule has 160 valence electrons. The third-order valence-electron chi connectivity index (χ3n) is 5.00. The molecule has 0 unspecified atom stereocenters. The van der Waals surface area contributed by atoms with Crippen molar-refractivity contribution >= 4 is 11.8 Å². The highest BCUT2D eigenvalue weighted by atomic mass is 32.2. The summed E-state index contributed by atoms with van der Waals surface area (Å²) in [5.41, 5.74) is 2.52. The largest absolute Gasteiger partial charge is 0.334 e. The van der Waals surface area contributed by atoms with Gasteiger partial charge in [0.2, 0.25) is 5.16 Å². The smallest absolute Gasteiger partial charge is 0.297 e. The number of aromatic nitrogens is 8. The van der Waals surface area contributed by atoms with E-state index in [1.165, 1.54) is 16.4 Å². The van der Waals surface area contributed by atoms with Crippen LogP contribution in [0.4, 0.5) is 0 Å². The van der Waals surface area contributed by atoms with Crippen molar-refractivity contribution in [3.8, 4) is 22.8 Å². The van der Waals surface area contributed by atoms with Gasteiger partial charge < -0.3 is 4.52 Å². The van der Waals surface area contributed by atoms with Crippen LogP contribution in [0.15, 0.2) is 75.1 Å². The minimum Gasteiger partial charge on any atom is -0.334 e. The van der Waals surface area contributed by atoms with E-state index in [1.54, 1.807) is 9.36 Å². The van der Waals surface area contributed by atoms with E-state index >= 15 is 0 Å². The van der Waals surface area contributed by atoms with E-state index in [4.69, 9.17) is 4.52 Å². The molecular weight excluding hydrogens is 428 g/mol. The second kappa shape index (κ2) is 8.27. The molecule has 2 aromatic carbocycles. The Hall–Kier alpha value is -3.99. The summed E-state index contributed by atoms with van der Waals surface area (Å²) in [6.45, 7) is 1.86. The minimum atomic E-state index is -0.212. The molecule has 10 nitrogen and oxygen atoms in total. The number of para-hydroxylation sites is 1. The molecule has 0 spiro atoms. The van der Waals surface area contributed by atoms with Gasteiger partial charge in [-0.05, 0) is 41.6 Å². The lowest BCUT2D eigenvalue weighted by molar-refractivity contribution is 0.425. The van der Waals surface area contributed by atoms with E-state index in [0.29, 0.717) is 28.3 Å². The number of hydrogen-bond acceptors (Lipinski definition) is 8. The molecule has 11 heteroatoms. The summed E-state index contributed by atoms with van der Waals surface area (Å²) in [5.74, 6) is 1.34. The monoisotopic (exact) mass is 446 g/mol. The van der Waals surface area contributed by atoms with Crippen LogP contribution in [0.2, 0.25) is 0 Å². The number of rotatable bonds is 6. The van der Waals surface area contributed by atoms with E-state index in [-0.39, 0.29) is 5.56 Å². The van der Waals surface area contributed by atoms with Crippen molar-refractivity contribution in [2.45, 2.75) is 17.8 Å². The molecule has 0 aliphatic heterocycles. The van der Waals surface area contributed by atoms with Crippen molar-refractivity contribution in [1.82, 2.24) is 39.7 Å². The standard InChI is InChI=1S/C21H18N8O2S/c1-14-18(20(30)29(27(14)2)16-11-7-4-8-12-16)28-21(23-25-26-28)32-13-17-22-19(31-24-17)15-9-5-3-6-10-15/h3-12H,13H2,1-2H3. The van der Waals surface area contributed by atoms with Gasteiger partial charge in [-0.3, -0.25) is 9.48 Å². The first-order valence-corrected chi connectivity index (χ1v) is 10.8. The summed E-state index contributed by atoms with van der Waals surface area (Å²) >= 11 is 1.32. The van der Waals surface area contributed by atoms with Crippen molar-refractivity contribution in [3.05, 3.63) is 82.5 Å². The second-order valence-corrected chi connectivity index (χ2v) is 7.90. The first-order chi connectivity index (χ1) is 15.6. The molecule has 0 saturated carbocycles. The van der Waals surface area contributed by atoms with Crippen LogP contribution in [-0.2, 0) is 12.8 Å². The lowest BCUT2D eigenvalue weighted by Crippen LogP contribution is -2.22. The minimum absolute atomic E-state index is 0.212. The molecule has 5 rings (SSSR count). The maximum atomic E-state index is 13.3. The summed E-state index contributed by atoms with van der Waals surface area (Å²) in [4.78, 5) is 17.7. The van der Waals surface area contributed by atoms with Crippen LogP contribution in [0, 0.1) is 6.92 Å². The summed E-state index contributed by atoms with van der Waals surface area (Å²) in [7, 11) is 1.83. The molecule has 3 aromatic heterocycles. The van der Waals surface area contributed by atoms with Crippen LogP contribution in [0.5, 0.6) is 0 Å². The molecular formula is C21H18N8O2S. The molecule has 0 aliphatic carbocycles. The van der Waals surface area contributed by atoms with Gasteiger partial charge in [0.1, 0.15) is 0 Å². The fourth-order valence-corrected chi connectivity index (χ4v) is 4.07. The molecule has 5 aromatic rings. The highest BCUT2D eigenvalue weighted by Gasteiger charge is 2.22. The molecule has 0 amide bonds. The van der Waals surface area contributed by atoms with Crippen LogP contribution in [0.3, 0.4) is 0 Å². The van der Waals surface area contributed by atoms with Gasteiger partial charge in [0, 0.05) is 12.6 Å². The van der Waals surface area contributed by atoms with Crippen molar-refractivity contribution in [2.24, 2.45) is 7.05 Å². The van der Waals surface area contributed by atoms with E-state index in [2.05, 4.69) is 25.7 Å². The van der Waals surface area contributed by atoms with Crippen LogP contribution in [0.25, 0.3) is 22.8 Å². The van der Waals surface area contributed by atoms with Crippen LogP contribution in [-0.4, -0.2) is 39.7 Å². The zero-order valence-electron chi connectivity index (χ0n) is 17.3. The van der Waals surface area contributed by atoms with E-state index < -0.39 is 0 Å². The molecule has 3 heterocycles. The van der Waals surface area contributed by atoms with Gasteiger partial charge >= 0.3 is 0 Å². The topological polar surface area (TPSA) is 109 Å². The number of benzene rings is 2. The summed E-state index contributed by atoms with van der Waals surface area (Å²) in [6, 6.07) is 19.0. The Morgan fingerprint density at radius 1 is 1.03 bits per heavy atom. The maximum Gasteiger partial charge on any atom is 0.297 e. The number of thioether (sulfide) groups is 1. The zero-order chi connectivity index (χ0) is 22.1. The van der Waals surface area contributed by atoms with Crippen LogP contribution >= 0.6 is 11.8 Å². The average molecular weight is 446 g/mol. The Labute approximate surface area is 186 Å². The molecule has 0 N–H and O–H groups in total. The highest BCUT2D eigenvalue weighted by molar-refractivity contribution is 7.98. The average Bonchev–Trinajstić information content (AvgIpc) is 3.53. The maximum absolute atomic E-state index is 13.3. The lowest BCUT2D eigenvalue weighted by atomic mass is 10.2. The SMILES string of the molecule is Cc1c(-n2nnnc2SCc2noc(-c3ccccc3)n2)c(=O)n(-c2ccccc2)n1C. The van der Waals surface area contributed by atoms with Crippen molar-refractivity contribution in [1.29, 1.82) is 0 Å². The predicted molar refractivity (Wildman–Crippen MR) is 118 cm³/mol. The molecule has 0 saturated heterocycles. The van der Waals surface area contributed by atoms with Crippen molar-refractivity contribution in [3.63, 3.8) is 0 Å². The van der Waals surface area contributed by atoms with Gasteiger partial charge in [-0.25, -0.2) is 4.68 Å². The fraction of sp³-hybridized carbons (Fsp3) is 0.143. The first-order valence-electron chi connectivity index (χ1n) is 9.77. The Morgan fingerprint density at radius 3 is 2.50 bits per heavy atom. The normalized spacial score (nSPS) is 11.2. The summed E-state index contributed by atoms with van der Waals surface area (Å²) in [5, 5.41) is 16.4. The van der Waals surface area contributed by atoms with Gasteiger partial charge in [0.25, 0.3) is 11.4 Å². The van der Waals surface area contributed by atoms with Gasteiger partial charge in [-0.15, -0.1) is 5.10 Å². The van der Waals surface area contributed by atoms with E-state index in [1.807, 2.05) is 74.6 Å². The third kappa shape index (κ3) is 3.52. The Balaban J connectivity index is 1.43. The van der Waals surface area contributed by atoms with Gasteiger partial charge in [0.05, 0.1) is 17.1 Å². The lowest BCUT2D eigenvalue weighted by Gasteiger charge is -2.07. The quantitative estimate of drug-likeness (QED) is 0.366. The molecule has 0 atom stereocenters. The Bertz CT molecular complexity index is 1420. The van der Waals surface area contributed by atoms with Crippen molar-refractivity contribution < 1.29 is 4.52 Å². The molecule has 0 radical (unpaired) electrons. The van der Waals surface area contributed by atoms with E-state index in [9.17, 15) is 4.79 Å². The molecule has 0 aliphatic rings. The number of nitrogens with zero attached hydrogens (tertiary/aromatic N) is 8. The van der Waals surface area contributed by atoms with Gasteiger partial charge in [-0.1, -0.05) is 53.3 Å². The summed E-state index contributed by atoms with van der Waals surface area (Å²) < 4.78 is 10.2. The second-order valence-electron chi connectivity index (χ2n) is 6.95. The molecule has 0 bridgehead atoms. The molecule has 32 heavy (non-hydrogen) atoms. The van der Waals surface area contributed by atoms with E-state index in [0.717, 1.165) is 16.9 Å². The van der Waals surface area contributed by atoms with Crippen molar-refractivity contribution in [2.75, 3.05) is 0 Å². The summed E-state index contributed by atoms with van der Waals surface area (Å²) in [6.07, 6.45) is 0. The van der Waals surface area contributed by atoms with Crippen LogP contribution in [0.1, 0.15) is 11.5 Å². The fourth-order valence-electron chi connectivity index (χ4n) is 3.35. The predicted octanol–water partition coefficient (Wildman–Crippen LogP) is 2.80. The van der Waals surface area contributed by atoms with Crippen LogP contribution < -0.4 is 5.56 Å². The van der Waals surface area contributed by atoms with Gasteiger partial charge in [-0.2, -0.15) is 9.67 Å². The zero-order valence-corrected chi connectivity index (χ0v) is 18.1. The number of hydrogen-bond donors (Lipinski definition) is 0. The molecule has 0 fully saturated rings. The highest BCUT2D eigenvalue weighted by Crippen LogP contribution is 2.24. The first kappa shape index (κ1) is 19.9. The number of tetrazole rings is 1. The third-order valence-corrected chi connectivity index (χ3v) is 5.91. The van der Waals surface area contributed by atoms with Gasteiger partial charge in [0.15, 0.2) is 11.5 Å². The Morgan fingerprint density at radius 2 is 1.75 bits per heavy atom. The Kier molecular flexibility index (Phi) is 5.15.